The Balaban J connectivity index is 4.20. The third-order valence-corrected chi connectivity index (χ3v) is 2.76. The molecule has 5 nitrogen and oxygen atoms in total. The third kappa shape index (κ3) is 9.97. The molecule has 124 valence electrons. The van der Waals surface area contributed by atoms with Gasteiger partial charge < -0.3 is 15.5 Å². The zero-order valence-electron chi connectivity index (χ0n) is 12.9. The number of halogens is 3. The lowest BCUT2D eigenvalue weighted by Crippen LogP contribution is -2.40. The van der Waals surface area contributed by atoms with Crippen molar-refractivity contribution in [1.29, 1.82) is 0 Å². The van der Waals surface area contributed by atoms with Gasteiger partial charge in [0.2, 0.25) is 5.91 Å². The molecule has 0 bridgehead atoms. The Bertz CT molecular complexity index is 328. The number of nitrogens with zero attached hydrogens (tertiary/aromatic N) is 2. The Labute approximate surface area is 124 Å². The molecule has 0 aliphatic heterocycles. The zero-order valence-corrected chi connectivity index (χ0v) is 12.9. The zero-order chi connectivity index (χ0) is 16.3. The summed E-state index contributed by atoms with van der Waals surface area (Å²) in [6.07, 6.45) is -4.88. The van der Waals surface area contributed by atoms with Gasteiger partial charge in [-0.3, -0.25) is 9.79 Å². The summed E-state index contributed by atoms with van der Waals surface area (Å²) in [6.45, 7) is 7.47. The molecule has 0 aliphatic rings. The molecule has 2 N–H and O–H groups in total. The number of hydrogen-bond acceptors (Lipinski definition) is 2. The molecule has 0 rings (SSSR count). The van der Waals surface area contributed by atoms with Gasteiger partial charge in [0.05, 0.1) is 13.0 Å². The van der Waals surface area contributed by atoms with Crippen LogP contribution < -0.4 is 10.6 Å². The minimum Gasteiger partial charge on any atom is -0.357 e. The van der Waals surface area contributed by atoms with Crippen molar-refractivity contribution in [3.63, 3.8) is 0 Å². The minimum absolute atomic E-state index is 0.0126. The van der Waals surface area contributed by atoms with E-state index < -0.39 is 12.6 Å². The van der Waals surface area contributed by atoms with Gasteiger partial charge in [-0.05, 0) is 20.8 Å². The Hall–Kier alpha value is -1.47. The van der Waals surface area contributed by atoms with Crippen molar-refractivity contribution < 1.29 is 18.0 Å². The highest BCUT2D eigenvalue weighted by Gasteiger charge is 2.26. The smallest absolute Gasteiger partial charge is 0.357 e. The lowest BCUT2D eigenvalue weighted by molar-refractivity contribution is -0.132. The first kappa shape index (κ1) is 19.5. The summed E-state index contributed by atoms with van der Waals surface area (Å²) >= 11 is 0. The van der Waals surface area contributed by atoms with E-state index in [1.54, 1.807) is 4.90 Å². The van der Waals surface area contributed by atoms with Crippen molar-refractivity contribution in [3.05, 3.63) is 0 Å². The maximum atomic E-state index is 12.1. The van der Waals surface area contributed by atoms with E-state index in [1.165, 1.54) is 0 Å². The fraction of sp³-hybridized carbons (Fsp3) is 0.846. The van der Waals surface area contributed by atoms with E-state index in [9.17, 15) is 18.0 Å². The summed E-state index contributed by atoms with van der Waals surface area (Å²) in [6, 6.07) is 0. The maximum absolute atomic E-state index is 12.1. The van der Waals surface area contributed by atoms with Crippen LogP contribution in [0.3, 0.4) is 0 Å². The second-order valence-electron chi connectivity index (χ2n) is 4.37. The van der Waals surface area contributed by atoms with Crippen LogP contribution in [-0.4, -0.2) is 55.7 Å². The molecule has 0 aromatic carbocycles. The van der Waals surface area contributed by atoms with Gasteiger partial charge in [0, 0.05) is 32.6 Å². The van der Waals surface area contributed by atoms with Gasteiger partial charge in [0.1, 0.15) is 0 Å². The first-order valence-corrected chi connectivity index (χ1v) is 7.20. The number of hydrogen-bond donors (Lipinski definition) is 2. The highest BCUT2D eigenvalue weighted by Crippen LogP contribution is 2.18. The van der Waals surface area contributed by atoms with Gasteiger partial charge >= 0.3 is 6.18 Å². The van der Waals surface area contributed by atoms with E-state index in [1.807, 2.05) is 20.8 Å². The third-order valence-electron chi connectivity index (χ3n) is 2.76. The van der Waals surface area contributed by atoms with Crippen molar-refractivity contribution in [2.24, 2.45) is 4.99 Å². The predicted octanol–water partition coefficient (Wildman–Crippen LogP) is 1.75. The molecular weight excluding hydrogens is 285 g/mol. The number of amides is 1. The van der Waals surface area contributed by atoms with Crippen LogP contribution in [0.2, 0.25) is 0 Å². The van der Waals surface area contributed by atoms with Crippen molar-refractivity contribution in [2.45, 2.75) is 39.8 Å². The number of rotatable bonds is 8. The molecule has 0 atom stereocenters. The Morgan fingerprint density at radius 3 is 2.24 bits per heavy atom. The molecule has 0 heterocycles. The highest BCUT2D eigenvalue weighted by molar-refractivity contribution is 5.81. The molecule has 8 heteroatoms. The molecule has 0 spiro atoms. The van der Waals surface area contributed by atoms with Gasteiger partial charge in [-0.25, -0.2) is 0 Å². The summed E-state index contributed by atoms with van der Waals surface area (Å²) < 4.78 is 36.2. The van der Waals surface area contributed by atoms with Gasteiger partial charge in [-0.15, -0.1) is 0 Å². The van der Waals surface area contributed by atoms with Crippen LogP contribution in [0.1, 0.15) is 33.6 Å². The van der Waals surface area contributed by atoms with E-state index in [0.29, 0.717) is 32.1 Å². The van der Waals surface area contributed by atoms with Crippen molar-refractivity contribution in [2.75, 3.05) is 32.7 Å². The van der Waals surface area contributed by atoms with Crippen LogP contribution in [-0.2, 0) is 4.79 Å². The van der Waals surface area contributed by atoms with E-state index in [-0.39, 0.29) is 18.9 Å². The average molecular weight is 310 g/mol. The molecule has 0 aromatic heterocycles. The summed E-state index contributed by atoms with van der Waals surface area (Å²) in [5.74, 6) is 0.313. The monoisotopic (exact) mass is 310 g/mol. The molecule has 0 saturated carbocycles. The summed E-state index contributed by atoms with van der Waals surface area (Å²) in [5.41, 5.74) is 0. The topological polar surface area (TPSA) is 56.7 Å². The van der Waals surface area contributed by atoms with Crippen LogP contribution in [0.25, 0.3) is 0 Å². The molecule has 0 unspecified atom stereocenters. The summed E-state index contributed by atoms with van der Waals surface area (Å²) in [7, 11) is 0. The summed E-state index contributed by atoms with van der Waals surface area (Å²) in [5, 5.41) is 5.71. The second kappa shape index (κ2) is 10.3. The number of nitrogens with one attached hydrogen (secondary N) is 2. The number of alkyl halides is 3. The fourth-order valence-electron chi connectivity index (χ4n) is 1.66. The number of aliphatic imine (C=N–C) groups is 1. The Kier molecular flexibility index (Phi) is 9.56. The van der Waals surface area contributed by atoms with Crippen LogP contribution >= 0.6 is 0 Å². The molecule has 0 aliphatic carbocycles. The first-order chi connectivity index (χ1) is 9.84. The molecule has 0 radical (unpaired) electrons. The number of carbonyl (C=O) groups excluding carboxylic acids is 1. The Morgan fingerprint density at radius 2 is 1.76 bits per heavy atom. The van der Waals surface area contributed by atoms with Crippen molar-refractivity contribution >= 4 is 11.9 Å². The molecule has 0 fully saturated rings. The van der Waals surface area contributed by atoms with Crippen LogP contribution in [0.5, 0.6) is 0 Å². The fourth-order valence-corrected chi connectivity index (χ4v) is 1.66. The van der Waals surface area contributed by atoms with Crippen LogP contribution in [0.15, 0.2) is 4.99 Å². The molecule has 0 aromatic rings. The largest absolute Gasteiger partial charge is 0.390 e. The van der Waals surface area contributed by atoms with Crippen LogP contribution in [0.4, 0.5) is 13.2 Å². The predicted molar refractivity (Wildman–Crippen MR) is 77.2 cm³/mol. The summed E-state index contributed by atoms with van der Waals surface area (Å²) in [4.78, 5) is 17.3. The standard InChI is InChI=1S/C13H25F3N4O/c1-4-17-12(19-10-8-13(14,15)16)18-9-7-11(21)20(5-2)6-3/h4-10H2,1-3H3,(H2,17,18,19). The number of guanidine groups is 1. The Morgan fingerprint density at radius 1 is 1.14 bits per heavy atom. The van der Waals surface area contributed by atoms with Crippen LogP contribution in [0, 0.1) is 0 Å². The van der Waals surface area contributed by atoms with E-state index in [4.69, 9.17) is 0 Å². The quantitative estimate of drug-likeness (QED) is 0.530. The second-order valence-corrected chi connectivity index (χ2v) is 4.37. The highest BCUT2D eigenvalue weighted by atomic mass is 19.4. The van der Waals surface area contributed by atoms with Gasteiger partial charge in [0.25, 0.3) is 0 Å². The molecule has 0 saturated heterocycles. The lowest BCUT2D eigenvalue weighted by atomic mass is 10.3. The van der Waals surface area contributed by atoms with E-state index >= 15 is 0 Å². The molecule has 21 heavy (non-hydrogen) atoms. The average Bonchev–Trinajstić information content (AvgIpc) is 2.38. The van der Waals surface area contributed by atoms with E-state index in [0.717, 1.165) is 0 Å². The lowest BCUT2D eigenvalue weighted by Gasteiger charge is -2.19. The van der Waals surface area contributed by atoms with Gasteiger partial charge in [-0.2, -0.15) is 13.2 Å². The maximum Gasteiger partial charge on any atom is 0.390 e. The van der Waals surface area contributed by atoms with Gasteiger partial charge in [-0.1, -0.05) is 0 Å². The SMILES string of the molecule is CCNC(=NCCC(F)(F)F)NCCC(=O)N(CC)CC. The van der Waals surface area contributed by atoms with Crippen molar-refractivity contribution in [3.8, 4) is 0 Å². The molecular formula is C13H25F3N4O. The van der Waals surface area contributed by atoms with Crippen molar-refractivity contribution in [1.82, 2.24) is 15.5 Å². The first-order valence-electron chi connectivity index (χ1n) is 7.20. The van der Waals surface area contributed by atoms with Gasteiger partial charge in [0.15, 0.2) is 5.96 Å². The minimum atomic E-state index is -4.21. The number of carbonyl (C=O) groups is 1. The normalized spacial score (nSPS) is 12.2. The van der Waals surface area contributed by atoms with E-state index in [2.05, 4.69) is 15.6 Å². The molecule has 1 amide bonds.